The predicted octanol–water partition coefficient (Wildman–Crippen LogP) is 6.54. The van der Waals surface area contributed by atoms with Gasteiger partial charge in [0.2, 0.25) is 5.69 Å². The van der Waals surface area contributed by atoms with Crippen LogP contribution in [0.3, 0.4) is 0 Å². The minimum Gasteiger partial charge on any atom is -0.454 e. The minimum atomic E-state index is 0.696. The average Bonchev–Trinajstić information content (AvgIpc) is 3.10. The SMILES string of the molecule is CCCCCSc1c(C#N)ccc2c1oc1c(-c3cccc[n+]3C)c(C)ccc12. The lowest BCUT2D eigenvalue weighted by Crippen LogP contribution is -2.30. The molecule has 2 heterocycles. The quantitative estimate of drug-likeness (QED) is 0.209. The van der Waals surface area contributed by atoms with Gasteiger partial charge in [0.25, 0.3) is 0 Å². The molecule has 0 aliphatic rings. The van der Waals surface area contributed by atoms with Gasteiger partial charge in [-0.1, -0.05) is 31.9 Å². The maximum absolute atomic E-state index is 9.66. The van der Waals surface area contributed by atoms with Gasteiger partial charge < -0.3 is 4.42 Å². The zero-order valence-corrected chi connectivity index (χ0v) is 18.0. The van der Waals surface area contributed by atoms with E-state index in [1.54, 1.807) is 11.8 Å². The Bertz CT molecular complexity index is 1230. The van der Waals surface area contributed by atoms with Crippen molar-refractivity contribution in [3.8, 4) is 17.3 Å². The lowest BCUT2D eigenvalue weighted by atomic mass is 10.0. The van der Waals surface area contributed by atoms with Crippen LogP contribution in [0, 0.1) is 18.3 Å². The summed E-state index contributed by atoms with van der Waals surface area (Å²) in [6.45, 7) is 4.33. The molecule has 0 radical (unpaired) electrons. The number of aromatic nitrogens is 1. The van der Waals surface area contributed by atoms with Crippen molar-refractivity contribution in [1.82, 2.24) is 0 Å². The van der Waals surface area contributed by atoms with E-state index in [4.69, 9.17) is 4.42 Å². The first-order chi connectivity index (χ1) is 14.2. The van der Waals surface area contributed by atoms with E-state index in [-0.39, 0.29) is 0 Å². The van der Waals surface area contributed by atoms with Gasteiger partial charge in [-0.05, 0) is 42.9 Å². The fourth-order valence-corrected chi connectivity index (χ4v) is 4.94. The Balaban J connectivity index is 1.96. The number of unbranched alkanes of at least 4 members (excludes halogenated alkanes) is 2. The van der Waals surface area contributed by atoms with Gasteiger partial charge in [0.05, 0.1) is 16.0 Å². The Hall–Kier alpha value is -2.77. The number of aryl methyl sites for hydroxylation is 2. The summed E-state index contributed by atoms with van der Waals surface area (Å²) in [4.78, 5) is 0.971. The van der Waals surface area contributed by atoms with Crippen molar-refractivity contribution in [3.63, 3.8) is 0 Å². The van der Waals surface area contributed by atoms with Crippen LogP contribution in [-0.2, 0) is 7.05 Å². The van der Waals surface area contributed by atoms with E-state index >= 15 is 0 Å². The van der Waals surface area contributed by atoms with Crippen LogP contribution in [0.5, 0.6) is 0 Å². The zero-order chi connectivity index (χ0) is 20.4. The summed E-state index contributed by atoms with van der Waals surface area (Å²) in [5, 5.41) is 11.8. The fraction of sp³-hybridized carbons (Fsp3) is 0.280. The number of nitriles is 1. The molecule has 146 valence electrons. The molecule has 4 rings (SSSR count). The van der Waals surface area contributed by atoms with Gasteiger partial charge in [0.1, 0.15) is 24.3 Å². The van der Waals surface area contributed by atoms with Crippen LogP contribution in [0.1, 0.15) is 37.3 Å². The summed E-state index contributed by atoms with van der Waals surface area (Å²) >= 11 is 1.74. The van der Waals surface area contributed by atoms with Crippen LogP contribution in [0.15, 0.2) is 58.0 Å². The molecule has 4 aromatic rings. The van der Waals surface area contributed by atoms with Gasteiger partial charge in [-0.3, -0.25) is 0 Å². The third-order valence-corrected chi connectivity index (χ3v) is 6.58. The van der Waals surface area contributed by atoms with E-state index in [1.807, 2.05) is 18.2 Å². The molecular weight excluding hydrogens is 376 g/mol. The van der Waals surface area contributed by atoms with Crippen LogP contribution >= 0.6 is 11.8 Å². The predicted molar refractivity (Wildman–Crippen MR) is 120 cm³/mol. The molecule has 0 aliphatic carbocycles. The number of hydrogen-bond acceptors (Lipinski definition) is 3. The van der Waals surface area contributed by atoms with Crippen molar-refractivity contribution in [2.45, 2.75) is 38.0 Å². The van der Waals surface area contributed by atoms with Crippen LogP contribution in [-0.4, -0.2) is 5.75 Å². The molecule has 0 spiro atoms. The van der Waals surface area contributed by atoms with E-state index in [9.17, 15) is 5.26 Å². The Morgan fingerprint density at radius 3 is 2.59 bits per heavy atom. The standard InChI is InChI=1S/C25H25N2OS/c1-4-5-8-15-29-25-18(16-26)11-13-20-19-12-10-17(2)22(23(19)28-24(20)25)21-9-6-7-14-27(21)3/h6-7,9-14H,4-5,8,15H2,1-3H3/q+1. The molecule has 0 aliphatic heterocycles. The number of nitrogens with zero attached hydrogens (tertiary/aromatic N) is 2. The molecule has 0 amide bonds. The number of rotatable bonds is 6. The van der Waals surface area contributed by atoms with Gasteiger partial charge in [0, 0.05) is 22.9 Å². The number of hydrogen-bond donors (Lipinski definition) is 0. The van der Waals surface area contributed by atoms with Crippen molar-refractivity contribution < 1.29 is 8.98 Å². The normalized spacial score (nSPS) is 11.2. The maximum Gasteiger partial charge on any atom is 0.216 e. The van der Waals surface area contributed by atoms with E-state index in [0.29, 0.717) is 5.56 Å². The lowest BCUT2D eigenvalue weighted by Gasteiger charge is -2.05. The summed E-state index contributed by atoms with van der Waals surface area (Å²) in [5.41, 5.74) is 5.84. The summed E-state index contributed by atoms with van der Waals surface area (Å²) in [5.74, 6) is 0.998. The molecule has 0 N–H and O–H groups in total. The smallest absolute Gasteiger partial charge is 0.216 e. The second-order valence-corrected chi connectivity index (χ2v) is 8.52. The zero-order valence-electron chi connectivity index (χ0n) is 17.2. The van der Waals surface area contributed by atoms with E-state index in [2.05, 4.69) is 62.0 Å². The molecular formula is C25H25N2OS+. The highest BCUT2D eigenvalue weighted by molar-refractivity contribution is 7.99. The number of thioether (sulfide) groups is 1. The first kappa shape index (κ1) is 19.5. The first-order valence-electron chi connectivity index (χ1n) is 10.1. The molecule has 0 atom stereocenters. The summed E-state index contributed by atoms with van der Waals surface area (Å²) < 4.78 is 8.64. The highest BCUT2D eigenvalue weighted by atomic mass is 32.2. The van der Waals surface area contributed by atoms with E-state index < -0.39 is 0 Å². The highest BCUT2D eigenvalue weighted by Gasteiger charge is 2.22. The molecule has 0 fully saturated rings. The molecule has 0 bridgehead atoms. The van der Waals surface area contributed by atoms with E-state index in [0.717, 1.165) is 50.3 Å². The molecule has 4 heteroatoms. The van der Waals surface area contributed by atoms with Crippen molar-refractivity contribution in [1.29, 1.82) is 5.26 Å². The van der Waals surface area contributed by atoms with Gasteiger partial charge in [-0.25, -0.2) is 4.57 Å². The molecule has 2 aromatic heterocycles. The topological polar surface area (TPSA) is 40.8 Å². The van der Waals surface area contributed by atoms with Gasteiger partial charge in [0.15, 0.2) is 6.20 Å². The Morgan fingerprint density at radius 2 is 1.83 bits per heavy atom. The second kappa shape index (κ2) is 8.31. The second-order valence-electron chi connectivity index (χ2n) is 7.42. The number of fused-ring (bicyclic) bond motifs is 3. The van der Waals surface area contributed by atoms with Crippen LogP contribution in [0.4, 0.5) is 0 Å². The fourth-order valence-electron chi connectivity index (χ4n) is 3.84. The Morgan fingerprint density at radius 1 is 1.03 bits per heavy atom. The molecule has 3 nitrogen and oxygen atoms in total. The van der Waals surface area contributed by atoms with Crippen molar-refractivity contribution in [3.05, 3.63) is 59.8 Å². The van der Waals surface area contributed by atoms with E-state index in [1.165, 1.54) is 18.4 Å². The Labute approximate surface area is 176 Å². The summed E-state index contributed by atoms with van der Waals surface area (Å²) in [6.07, 6.45) is 5.60. The Kier molecular flexibility index (Phi) is 5.60. The number of pyridine rings is 1. The van der Waals surface area contributed by atoms with Crippen molar-refractivity contribution in [2.75, 3.05) is 5.75 Å². The largest absolute Gasteiger partial charge is 0.454 e. The minimum absolute atomic E-state index is 0.696. The van der Waals surface area contributed by atoms with Crippen LogP contribution in [0.2, 0.25) is 0 Å². The average molecular weight is 402 g/mol. The van der Waals surface area contributed by atoms with Crippen LogP contribution < -0.4 is 4.57 Å². The van der Waals surface area contributed by atoms with Crippen molar-refractivity contribution in [2.24, 2.45) is 7.05 Å². The van der Waals surface area contributed by atoms with Crippen LogP contribution in [0.25, 0.3) is 33.2 Å². The third kappa shape index (κ3) is 3.52. The number of benzene rings is 2. The monoisotopic (exact) mass is 401 g/mol. The number of furan rings is 1. The lowest BCUT2D eigenvalue weighted by molar-refractivity contribution is -0.660. The van der Waals surface area contributed by atoms with Gasteiger partial charge in [-0.2, -0.15) is 5.26 Å². The molecule has 2 aromatic carbocycles. The first-order valence-corrected chi connectivity index (χ1v) is 11.1. The maximum atomic E-state index is 9.66. The molecule has 0 saturated heterocycles. The summed E-state index contributed by atoms with van der Waals surface area (Å²) in [7, 11) is 2.05. The highest BCUT2D eigenvalue weighted by Crippen LogP contribution is 2.41. The molecule has 0 unspecified atom stereocenters. The third-order valence-electron chi connectivity index (χ3n) is 5.40. The summed E-state index contributed by atoms with van der Waals surface area (Å²) in [6, 6.07) is 16.8. The molecule has 29 heavy (non-hydrogen) atoms. The molecule has 0 saturated carbocycles. The van der Waals surface area contributed by atoms with Gasteiger partial charge in [-0.15, -0.1) is 11.8 Å². The van der Waals surface area contributed by atoms with Gasteiger partial charge >= 0.3 is 0 Å². The van der Waals surface area contributed by atoms with Crippen molar-refractivity contribution >= 4 is 33.7 Å².